The van der Waals surface area contributed by atoms with Gasteiger partial charge >= 0.3 is 0 Å². The van der Waals surface area contributed by atoms with E-state index in [1.54, 1.807) is 0 Å². The van der Waals surface area contributed by atoms with E-state index in [1.165, 1.54) is 82.8 Å². The molecule has 2 unspecified atom stereocenters. The molecular formula is C49H36N2. The van der Waals surface area contributed by atoms with E-state index in [9.17, 15) is 0 Å². The van der Waals surface area contributed by atoms with Crippen LogP contribution in [0.5, 0.6) is 0 Å². The number of allylic oxidation sites excluding steroid dienone is 4. The molecule has 0 aliphatic heterocycles. The average Bonchev–Trinajstić information content (AvgIpc) is 3.71. The predicted octanol–water partition coefficient (Wildman–Crippen LogP) is 12.9. The van der Waals surface area contributed by atoms with Gasteiger partial charge in [0.25, 0.3) is 0 Å². The molecule has 0 saturated carbocycles. The normalized spacial score (nSPS) is 16.0. The molecule has 2 heterocycles. The molecule has 1 aliphatic rings. The number of rotatable bonds is 5. The number of nitrogens with zero attached hydrogens (tertiary/aromatic N) is 2. The van der Waals surface area contributed by atoms with Gasteiger partial charge in [0.05, 0.1) is 22.1 Å². The summed E-state index contributed by atoms with van der Waals surface area (Å²) in [6.07, 6.45) is 7.11. The zero-order valence-corrected chi connectivity index (χ0v) is 28.4. The highest BCUT2D eigenvalue weighted by Gasteiger charge is 2.20. The maximum atomic E-state index is 2.43. The Bertz CT molecular complexity index is 2760. The summed E-state index contributed by atoms with van der Waals surface area (Å²) in [5.74, 6) is 0.813. The van der Waals surface area contributed by atoms with Crippen molar-refractivity contribution in [1.29, 1.82) is 0 Å². The zero-order chi connectivity index (χ0) is 33.9. The summed E-state index contributed by atoms with van der Waals surface area (Å²) in [7, 11) is 0. The van der Waals surface area contributed by atoms with Crippen LogP contribution in [0.1, 0.15) is 24.0 Å². The molecule has 242 valence electrons. The number of para-hydroxylation sites is 3. The number of fused-ring (bicyclic) bond motifs is 6. The second kappa shape index (κ2) is 11.9. The topological polar surface area (TPSA) is 9.86 Å². The van der Waals surface area contributed by atoms with Crippen LogP contribution in [0.4, 0.5) is 0 Å². The molecule has 2 heteroatoms. The van der Waals surface area contributed by atoms with Gasteiger partial charge in [0, 0.05) is 38.8 Å². The van der Waals surface area contributed by atoms with E-state index in [0.717, 1.165) is 0 Å². The van der Waals surface area contributed by atoms with Gasteiger partial charge in [-0.15, -0.1) is 0 Å². The maximum absolute atomic E-state index is 2.43. The van der Waals surface area contributed by atoms with Crippen molar-refractivity contribution >= 4 is 49.2 Å². The molecule has 0 bridgehead atoms. The molecule has 7 aromatic carbocycles. The van der Waals surface area contributed by atoms with Crippen molar-refractivity contribution in [2.24, 2.45) is 5.92 Å². The predicted molar refractivity (Wildman–Crippen MR) is 216 cm³/mol. The van der Waals surface area contributed by atoms with Crippen molar-refractivity contribution in [3.63, 3.8) is 0 Å². The molecule has 10 rings (SSSR count). The molecule has 0 spiro atoms. The highest BCUT2D eigenvalue weighted by atomic mass is 15.0. The number of aromatic nitrogens is 2. The van der Waals surface area contributed by atoms with Crippen molar-refractivity contribution in [2.45, 2.75) is 12.8 Å². The number of hydrogen-bond donors (Lipinski definition) is 0. The second-order valence-electron chi connectivity index (χ2n) is 13.8. The van der Waals surface area contributed by atoms with Crippen LogP contribution in [-0.2, 0) is 0 Å². The first-order valence-corrected chi connectivity index (χ1v) is 17.9. The Balaban J connectivity index is 1.02. The molecule has 0 saturated heterocycles. The third kappa shape index (κ3) is 4.87. The Morgan fingerprint density at radius 2 is 0.980 bits per heavy atom. The van der Waals surface area contributed by atoms with Crippen LogP contribution < -0.4 is 0 Å². The van der Waals surface area contributed by atoms with Crippen LogP contribution in [0.25, 0.3) is 71.7 Å². The van der Waals surface area contributed by atoms with Crippen LogP contribution in [0.3, 0.4) is 0 Å². The summed E-state index contributed by atoms with van der Waals surface area (Å²) in [4.78, 5) is 0. The van der Waals surface area contributed by atoms with Crippen LogP contribution in [-0.4, -0.2) is 9.13 Å². The van der Waals surface area contributed by atoms with Gasteiger partial charge < -0.3 is 9.13 Å². The second-order valence-corrected chi connectivity index (χ2v) is 13.8. The first-order chi connectivity index (χ1) is 25.2. The molecule has 0 N–H and O–H groups in total. The van der Waals surface area contributed by atoms with Crippen LogP contribution in [0.2, 0.25) is 0 Å². The zero-order valence-electron chi connectivity index (χ0n) is 28.4. The van der Waals surface area contributed by atoms with E-state index >= 15 is 0 Å². The summed E-state index contributed by atoms with van der Waals surface area (Å²) >= 11 is 0. The summed E-state index contributed by atoms with van der Waals surface area (Å²) in [5, 5.41) is 5.08. The highest BCUT2D eigenvalue weighted by Crippen LogP contribution is 2.38. The monoisotopic (exact) mass is 652 g/mol. The largest absolute Gasteiger partial charge is 0.309 e. The number of hydrogen-bond acceptors (Lipinski definition) is 0. The average molecular weight is 653 g/mol. The van der Waals surface area contributed by atoms with Gasteiger partial charge in [0.15, 0.2) is 0 Å². The lowest BCUT2D eigenvalue weighted by Crippen LogP contribution is -2.09. The van der Waals surface area contributed by atoms with Gasteiger partial charge in [-0.2, -0.15) is 0 Å². The Kier molecular flexibility index (Phi) is 6.89. The summed E-state index contributed by atoms with van der Waals surface area (Å²) in [5.41, 5.74) is 13.5. The van der Waals surface area contributed by atoms with Crippen molar-refractivity contribution in [3.05, 3.63) is 199 Å². The molecule has 9 aromatic rings. The molecule has 2 atom stereocenters. The fraction of sp³-hybridized carbons (Fsp3) is 0.0612. The van der Waals surface area contributed by atoms with Crippen molar-refractivity contribution in [1.82, 2.24) is 9.13 Å². The van der Waals surface area contributed by atoms with Gasteiger partial charge in [-0.25, -0.2) is 0 Å². The standard InChI is InChI=1S/C49H36N2/c1-33-30-37(24-28-41(33)35-12-3-2-4-13-35)36-14-11-15-40(31-36)51-48-21-10-7-18-44(48)45-32-38(25-29-49(45)51)34-22-26-39(27-23-34)50-46-19-8-5-16-42(46)43-17-6-9-20-47(43)50/h2-33,41H,1H3. The van der Waals surface area contributed by atoms with E-state index in [-0.39, 0.29) is 0 Å². The van der Waals surface area contributed by atoms with Gasteiger partial charge in [-0.3, -0.25) is 0 Å². The summed E-state index contributed by atoms with van der Waals surface area (Å²) < 4.78 is 4.80. The summed E-state index contributed by atoms with van der Waals surface area (Å²) in [6, 6.07) is 62.0. The SMILES string of the molecule is CC1C=C(c2cccc(-n3c4ccccc4c4cc(-c5ccc(-n6c7ccccc7c7ccccc76)cc5)ccc43)c2)C=CC1c1ccccc1. The summed E-state index contributed by atoms with van der Waals surface area (Å²) in [6.45, 7) is 2.33. The Morgan fingerprint density at radius 1 is 0.412 bits per heavy atom. The fourth-order valence-electron chi connectivity index (χ4n) is 8.37. The molecule has 0 fully saturated rings. The molecule has 2 aromatic heterocycles. The highest BCUT2D eigenvalue weighted by molar-refractivity contribution is 6.11. The molecule has 2 nitrogen and oxygen atoms in total. The minimum atomic E-state index is 0.398. The fourth-order valence-corrected chi connectivity index (χ4v) is 8.37. The lowest BCUT2D eigenvalue weighted by Gasteiger charge is -2.24. The first-order valence-electron chi connectivity index (χ1n) is 17.9. The van der Waals surface area contributed by atoms with Crippen LogP contribution >= 0.6 is 0 Å². The third-order valence-electron chi connectivity index (χ3n) is 10.8. The lowest BCUT2D eigenvalue weighted by atomic mass is 9.81. The smallest absolute Gasteiger partial charge is 0.0541 e. The third-order valence-corrected chi connectivity index (χ3v) is 10.8. The van der Waals surface area contributed by atoms with E-state index in [4.69, 9.17) is 0 Å². The van der Waals surface area contributed by atoms with Crippen molar-refractivity contribution < 1.29 is 0 Å². The van der Waals surface area contributed by atoms with Gasteiger partial charge in [0.1, 0.15) is 0 Å². The molecule has 0 radical (unpaired) electrons. The Morgan fingerprint density at radius 3 is 1.65 bits per heavy atom. The molecule has 51 heavy (non-hydrogen) atoms. The quantitative estimate of drug-likeness (QED) is 0.175. The van der Waals surface area contributed by atoms with E-state index in [1.807, 2.05) is 0 Å². The molecule has 0 amide bonds. The van der Waals surface area contributed by atoms with E-state index in [2.05, 4.69) is 204 Å². The molecular weight excluding hydrogens is 617 g/mol. The minimum Gasteiger partial charge on any atom is -0.309 e. The molecule has 1 aliphatic carbocycles. The minimum absolute atomic E-state index is 0.398. The Hall–Kier alpha value is -6.38. The van der Waals surface area contributed by atoms with Gasteiger partial charge in [-0.05, 0) is 88.3 Å². The van der Waals surface area contributed by atoms with E-state index < -0.39 is 0 Å². The van der Waals surface area contributed by atoms with Gasteiger partial charge in [0.2, 0.25) is 0 Å². The van der Waals surface area contributed by atoms with Gasteiger partial charge in [-0.1, -0.05) is 140 Å². The van der Waals surface area contributed by atoms with Crippen molar-refractivity contribution in [2.75, 3.05) is 0 Å². The lowest BCUT2D eigenvalue weighted by molar-refractivity contribution is 0.638. The first kappa shape index (κ1) is 29.5. The maximum Gasteiger partial charge on any atom is 0.0541 e. The Labute approximate surface area is 297 Å². The van der Waals surface area contributed by atoms with Crippen LogP contribution in [0, 0.1) is 5.92 Å². The van der Waals surface area contributed by atoms with E-state index in [0.29, 0.717) is 11.8 Å². The van der Waals surface area contributed by atoms with Crippen molar-refractivity contribution in [3.8, 4) is 22.5 Å². The van der Waals surface area contributed by atoms with Crippen LogP contribution in [0.15, 0.2) is 188 Å². The number of benzene rings is 7.